The first-order valence-corrected chi connectivity index (χ1v) is 7.77. The van der Waals surface area contributed by atoms with Crippen LogP contribution in [0.5, 0.6) is 0 Å². The van der Waals surface area contributed by atoms with Crippen molar-refractivity contribution >= 4 is 17.2 Å². The van der Waals surface area contributed by atoms with Gasteiger partial charge in [-0.1, -0.05) is 6.07 Å². The van der Waals surface area contributed by atoms with Gasteiger partial charge < -0.3 is 5.32 Å². The van der Waals surface area contributed by atoms with Crippen LogP contribution in [-0.4, -0.2) is 4.98 Å². The number of pyridine rings is 1. The van der Waals surface area contributed by atoms with E-state index in [0.717, 1.165) is 12.2 Å². The third-order valence-corrected chi connectivity index (χ3v) is 4.82. The Morgan fingerprint density at radius 2 is 2.11 bits per heavy atom. The molecule has 1 N–H and O–H groups in total. The molecule has 0 spiro atoms. The third-order valence-electron chi connectivity index (χ3n) is 3.84. The highest BCUT2D eigenvalue weighted by molar-refractivity contribution is 7.12. The van der Waals surface area contributed by atoms with Crippen LogP contribution >= 0.6 is 11.3 Å². The van der Waals surface area contributed by atoms with Crippen molar-refractivity contribution in [3.8, 4) is 0 Å². The lowest BCUT2D eigenvalue weighted by atomic mass is 10.1. The van der Waals surface area contributed by atoms with Gasteiger partial charge in [-0.3, -0.25) is 0 Å². The van der Waals surface area contributed by atoms with Gasteiger partial charge in [0.1, 0.15) is 5.82 Å². The summed E-state index contributed by atoms with van der Waals surface area (Å²) in [5, 5.41) is 3.54. The van der Waals surface area contributed by atoms with Crippen LogP contribution in [0.1, 0.15) is 46.0 Å². The Morgan fingerprint density at radius 1 is 1.26 bits per heavy atom. The zero-order valence-electron chi connectivity index (χ0n) is 11.8. The largest absolute Gasteiger partial charge is 0.364 e. The Labute approximate surface area is 118 Å². The predicted molar refractivity (Wildman–Crippen MR) is 82.1 cm³/mol. The maximum atomic E-state index is 4.75. The van der Waals surface area contributed by atoms with E-state index in [9.17, 15) is 0 Å². The number of fused-ring (bicyclic) bond motifs is 1. The molecule has 2 aromatic heterocycles. The Balaban J connectivity index is 1.79. The summed E-state index contributed by atoms with van der Waals surface area (Å²) in [6.45, 7) is 6.58. The van der Waals surface area contributed by atoms with Crippen LogP contribution in [0.25, 0.3) is 0 Å². The van der Waals surface area contributed by atoms with Crippen LogP contribution < -0.4 is 5.32 Å². The number of anilines is 1. The van der Waals surface area contributed by atoms with Gasteiger partial charge in [0.15, 0.2) is 0 Å². The van der Waals surface area contributed by atoms with Crippen molar-refractivity contribution in [2.24, 2.45) is 0 Å². The van der Waals surface area contributed by atoms with E-state index in [1.807, 2.05) is 11.3 Å². The molecule has 0 amide bonds. The lowest BCUT2D eigenvalue weighted by molar-refractivity contribution is 0.863. The molecule has 3 rings (SSSR count). The number of aromatic nitrogens is 1. The quantitative estimate of drug-likeness (QED) is 0.894. The van der Waals surface area contributed by atoms with E-state index in [1.54, 1.807) is 0 Å². The molecule has 1 unspecified atom stereocenters. The molecule has 0 saturated carbocycles. The van der Waals surface area contributed by atoms with E-state index in [0.29, 0.717) is 6.04 Å². The van der Waals surface area contributed by atoms with Crippen molar-refractivity contribution in [1.29, 1.82) is 0 Å². The summed E-state index contributed by atoms with van der Waals surface area (Å²) >= 11 is 1.87. The van der Waals surface area contributed by atoms with Gasteiger partial charge in [-0.05, 0) is 63.3 Å². The molecule has 100 valence electrons. The molecular formula is C16H20N2S. The van der Waals surface area contributed by atoms with Crippen molar-refractivity contribution < 1.29 is 0 Å². The number of thiophene rings is 1. The maximum Gasteiger partial charge on any atom is 0.126 e. The van der Waals surface area contributed by atoms with Crippen molar-refractivity contribution in [3.05, 3.63) is 44.8 Å². The molecule has 1 atom stereocenters. The molecule has 19 heavy (non-hydrogen) atoms. The van der Waals surface area contributed by atoms with Gasteiger partial charge in [0, 0.05) is 15.4 Å². The summed E-state index contributed by atoms with van der Waals surface area (Å²) in [4.78, 5) is 7.53. The Hall–Kier alpha value is -1.35. The molecule has 2 nitrogen and oxygen atoms in total. The molecule has 0 saturated heterocycles. The molecular weight excluding hydrogens is 252 g/mol. The topological polar surface area (TPSA) is 24.9 Å². The van der Waals surface area contributed by atoms with E-state index in [1.165, 1.54) is 39.4 Å². The first-order chi connectivity index (χ1) is 9.13. The van der Waals surface area contributed by atoms with E-state index in [4.69, 9.17) is 4.98 Å². The van der Waals surface area contributed by atoms with Crippen molar-refractivity contribution in [2.45, 2.75) is 46.1 Å². The summed E-state index contributed by atoms with van der Waals surface area (Å²) in [6, 6.07) is 6.95. The van der Waals surface area contributed by atoms with Crippen LogP contribution in [0, 0.1) is 13.8 Å². The molecule has 1 aliphatic rings. The Kier molecular flexibility index (Phi) is 3.31. The van der Waals surface area contributed by atoms with Crippen LogP contribution in [-0.2, 0) is 12.8 Å². The first kappa shape index (κ1) is 12.7. The highest BCUT2D eigenvalue weighted by atomic mass is 32.1. The molecule has 2 heterocycles. The summed E-state index contributed by atoms with van der Waals surface area (Å²) in [6.07, 6.45) is 3.58. The maximum absolute atomic E-state index is 4.75. The smallest absolute Gasteiger partial charge is 0.126 e. The summed E-state index contributed by atoms with van der Waals surface area (Å²) in [5.74, 6) is 1.01. The lowest BCUT2D eigenvalue weighted by Crippen LogP contribution is -2.08. The molecule has 0 fully saturated rings. The minimum atomic E-state index is 0.317. The zero-order chi connectivity index (χ0) is 13.4. The van der Waals surface area contributed by atoms with Gasteiger partial charge >= 0.3 is 0 Å². The van der Waals surface area contributed by atoms with Crippen molar-refractivity contribution in [1.82, 2.24) is 4.98 Å². The minimum Gasteiger partial charge on any atom is -0.364 e. The van der Waals surface area contributed by atoms with E-state index < -0.39 is 0 Å². The normalized spacial score (nSPS) is 15.3. The standard InChI is InChI=1S/C16H20N2S/c1-10-9-14(12(3)19-10)11(2)17-16-8-7-13-5-4-6-15(13)18-16/h7-9,11H,4-6H2,1-3H3,(H,17,18). The van der Waals surface area contributed by atoms with Crippen LogP contribution in [0.4, 0.5) is 5.82 Å². The minimum absolute atomic E-state index is 0.317. The van der Waals surface area contributed by atoms with Gasteiger partial charge in [0.25, 0.3) is 0 Å². The summed E-state index contributed by atoms with van der Waals surface area (Å²) in [5.41, 5.74) is 4.11. The zero-order valence-corrected chi connectivity index (χ0v) is 12.6. The number of aryl methyl sites for hydroxylation is 4. The Bertz CT molecular complexity index is 601. The number of hydrogen-bond acceptors (Lipinski definition) is 3. The third kappa shape index (κ3) is 2.52. The number of hydrogen-bond donors (Lipinski definition) is 1. The summed E-state index contributed by atoms with van der Waals surface area (Å²) < 4.78 is 0. The average Bonchev–Trinajstić information content (AvgIpc) is 2.94. The van der Waals surface area contributed by atoms with Crippen LogP contribution in [0.2, 0.25) is 0 Å². The summed E-state index contributed by atoms with van der Waals surface area (Å²) in [7, 11) is 0. The molecule has 0 bridgehead atoms. The molecule has 1 aliphatic carbocycles. The lowest BCUT2D eigenvalue weighted by Gasteiger charge is -2.15. The molecule has 0 aliphatic heterocycles. The second-order valence-corrected chi connectivity index (χ2v) is 6.85. The number of nitrogens with one attached hydrogen (secondary N) is 1. The van der Waals surface area contributed by atoms with Gasteiger partial charge in [-0.15, -0.1) is 11.3 Å². The van der Waals surface area contributed by atoms with Gasteiger partial charge in [-0.25, -0.2) is 4.98 Å². The molecule has 2 aromatic rings. The highest BCUT2D eigenvalue weighted by Gasteiger charge is 2.15. The number of nitrogens with zero attached hydrogens (tertiary/aromatic N) is 1. The van der Waals surface area contributed by atoms with Gasteiger partial charge in [0.05, 0.1) is 6.04 Å². The monoisotopic (exact) mass is 272 g/mol. The molecule has 0 radical (unpaired) electrons. The second kappa shape index (κ2) is 4.97. The SMILES string of the molecule is Cc1cc(C(C)Nc2ccc3c(n2)CCC3)c(C)s1. The van der Waals surface area contributed by atoms with Crippen molar-refractivity contribution in [2.75, 3.05) is 5.32 Å². The van der Waals surface area contributed by atoms with Gasteiger partial charge in [0.2, 0.25) is 0 Å². The van der Waals surface area contributed by atoms with Crippen LogP contribution in [0.3, 0.4) is 0 Å². The van der Waals surface area contributed by atoms with Crippen molar-refractivity contribution in [3.63, 3.8) is 0 Å². The number of rotatable bonds is 3. The van der Waals surface area contributed by atoms with Gasteiger partial charge in [-0.2, -0.15) is 0 Å². The van der Waals surface area contributed by atoms with E-state index in [-0.39, 0.29) is 0 Å². The molecule has 0 aromatic carbocycles. The average molecular weight is 272 g/mol. The van der Waals surface area contributed by atoms with Crippen LogP contribution in [0.15, 0.2) is 18.2 Å². The fourth-order valence-corrected chi connectivity index (χ4v) is 3.90. The predicted octanol–water partition coefficient (Wildman–Crippen LogP) is 4.42. The van der Waals surface area contributed by atoms with E-state index in [2.05, 4.69) is 44.3 Å². The fraction of sp³-hybridized carbons (Fsp3) is 0.438. The van der Waals surface area contributed by atoms with E-state index >= 15 is 0 Å². The Morgan fingerprint density at radius 3 is 2.84 bits per heavy atom. The second-order valence-electron chi connectivity index (χ2n) is 5.39. The highest BCUT2D eigenvalue weighted by Crippen LogP contribution is 2.29. The fourth-order valence-electron chi connectivity index (χ4n) is 2.88. The first-order valence-electron chi connectivity index (χ1n) is 6.96. The molecule has 3 heteroatoms.